The quantitative estimate of drug-likeness (QED) is 0.786. The van der Waals surface area contributed by atoms with E-state index in [0.717, 1.165) is 12.8 Å². The van der Waals surface area contributed by atoms with E-state index in [9.17, 15) is 0 Å². The number of hydrogen-bond acceptors (Lipinski definition) is 1. The first-order valence-corrected chi connectivity index (χ1v) is 5.80. The lowest BCUT2D eigenvalue weighted by molar-refractivity contribution is -0.449. The molecule has 0 bridgehead atoms. The molecule has 3 heteroatoms. The summed E-state index contributed by atoms with van der Waals surface area (Å²) in [5.74, 6) is 0. The first-order chi connectivity index (χ1) is 7.92. The molecule has 3 rings (SSSR count). The van der Waals surface area contributed by atoms with E-state index >= 15 is 0 Å². The van der Waals surface area contributed by atoms with Crippen LogP contribution in [0.4, 0.5) is 5.69 Å². The first-order valence-electron chi connectivity index (χ1n) is 5.80. The minimum atomic E-state index is 0.555. The van der Waals surface area contributed by atoms with Crippen LogP contribution in [0, 0.1) is 0 Å². The molecule has 0 amide bonds. The third-order valence-corrected chi connectivity index (χ3v) is 3.19. The van der Waals surface area contributed by atoms with Gasteiger partial charge in [0, 0.05) is 6.04 Å². The van der Waals surface area contributed by atoms with Crippen LogP contribution in [0.3, 0.4) is 0 Å². The van der Waals surface area contributed by atoms with Crippen molar-refractivity contribution >= 4 is 5.69 Å². The molecule has 16 heavy (non-hydrogen) atoms. The molecule has 3 nitrogen and oxygen atoms in total. The zero-order chi connectivity index (χ0) is 10.8. The molecule has 1 atom stereocenters. The largest absolute Gasteiger partial charge is 0.375 e. The van der Waals surface area contributed by atoms with Crippen LogP contribution in [0.25, 0.3) is 0 Å². The lowest BCUT2D eigenvalue weighted by atomic mass is 9.97. The van der Waals surface area contributed by atoms with Crippen LogP contribution in [0.1, 0.15) is 17.7 Å². The van der Waals surface area contributed by atoms with Gasteiger partial charge in [0.05, 0.1) is 0 Å². The van der Waals surface area contributed by atoms with Crippen molar-refractivity contribution in [3.05, 3.63) is 47.8 Å². The number of hydrogen-bond donors (Lipinski definition) is 2. The molecule has 2 heterocycles. The summed E-state index contributed by atoms with van der Waals surface area (Å²) in [5.41, 5.74) is 3.93. The van der Waals surface area contributed by atoms with E-state index in [1.165, 1.54) is 23.4 Å². The lowest BCUT2D eigenvalue weighted by Crippen LogP contribution is -2.27. The summed E-state index contributed by atoms with van der Waals surface area (Å²) < 4.78 is 0. The zero-order valence-electron chi connectivity index (χ0n) is 9.16. The SMILES string of the molecule is c1ccc(CC2CCc3[nH][nH+]cc3N2)cc1. The smallest absolute Gasteiger partial charge is 0.216 e. The molecule has 0 aliphatic carbocycles. The van der Waals surface area contributed by atoms with Gasteiger partial charge < -0.3 is 5.32 Å². The standard InChI is InChI=1S/C13H15N3/c1-2-4-10(5-3-1)8-11-6-7-12-13(15-11)9-14-16-12/h1-5,9,11,15H,6-8H2,(H,14,16)/p+1. The maximum atomic E-state index is 3.56. The van der Waals surface area contributed by atoms with E-state index in [0.29, 0.717) is 6.04 Å². The molecule has 1 aliphatic rings. The van der Waals surface area contributed by atoms with Gasteiger partial charge in [-0.2, -0.15) is 5.10 Å². The monoisotopic (exact) mass is 214 g/mol. The van der Waals surface area contributed by atoms with Crippen LogP contribution in [-0.4, -0.2) is 11.1 Å². The molecule has 0 saturated carbocycles. The van der Waals surface area contributed by atoms with Crippen molar-refractivity contribution in [2.45, 2.75) is 25.3 Å². The summed E-state index contributed by atoms with van der Waals surface area (Å²) in [6, 6.07) is 11.2. The van der Waals surface area contributed by atoms with E-state index in [4.69, 9.17) is 0 Å². The van der Waals surface area contributed by atoms with Crippen LogP contribution in [0.2, 0.25) is 0 Å². The van der Waals surface area contributed by atoms with Gasteiger partial charge in [0.1, 0.15) is 11.4 Å². The van der Waals surface area contributed by atoms with Crippen LogP contribution in [0.15, 0.2) is 36.5 Å². The van der Waals surface area contributed by atoms with Crippen molar-refractivity contribution in [1.29, 1.82) is 0 Å². The van der Waals surface area contributed by atoms with E-state index in [2.05, 4.69) is 45.8 Å². The number of aryl methyl sites for hydroxylation is 1. The Hall–Kier alpha value is -1.77. The molecule has 0 radical (unpaired) electrons. The van der Waals surface area contributed by atoms with Gasteiger partial charge >= 0.3 is 0 Å². The fourth-order valence-corrected chi connectivity index (χ4v) is 2.34. The molecular formula is C13H16N3+. The first kappa shape index (κ1) is 9.46. The fraction of sp³-hybridized carbons (Fsp3) is 0.308. The molecular weight excluding hydrogens is 198 g/mol. The Kier molecular flexibility index (Phi) is 2.37. The van der Waals surface area contributed by atoms with Gasteiger partial charge in [-0.3, -0.25) is 0 Å². The molecule has 1 aromatic carbocycles. The second-order valence-electron chi connectivity index (χ2n) is 4.38. The van der Waals surface area contributed by atoms with Crippen molar-refractivity contribution in [3.63, 3.8) is 0 Å². The van der Waals surface area contributed by atoms with Crippen LogP contribution >= 0.6 is 0 Å². The van der Waals surface area contributed by atoms with Gasteiger partial charge in [0.15, 0.2) is 0 Å². The van der Waals surface area contributed by atoms with Crippen LogP contribution in [0.5, 0.6) is 0 Å². The van der Waals surface area contributed by atoms with Crippen molar-refractivity contribution < 1.29 is 5.10 Å². The summed E-state index contributed by atoms with van der Waals surface area (Å²) in [6.45, 7) is 0. The molecule has 82 valence electrons. The Morgan fingerprint density at radius 1 is 1.25 bits per heavy atom. The van der Waals surface area contributed by atoms with Crippen molar-refractivity contribution in [1.82, 2.24) is 5.10 Å². The average Bonchev–Trinajstić information content (AvgIpc) is 2.77. The predicted octanol–water partition coefficient (Wildman–Crippen LogP) is 1.80. The molecule has 1 aromatic heterocycles. The summed E-state index contributed by atoms with van der Waals surface area (Å²) in [6.07, 6.45) is 5.43. The lowest BCUT2D eigenvalue weighted by Gasteiger charge is -2.23. The zero-order valence-corrected chi connectivity index (χ0v) is 9.16. The van der Waals surface area contributed by atoms with Crippen LogP contribution < -0.4 is 10.4 Å². The van der Waals surface area contributed by atoms with E-state index in [-0.39, 0.29) is 0 Å². The highest BCUT2D eigenvalue weighted by molar-refractivity contribution is 5.47. The Bertz CT molecular complexity index is 461. The molecule has 0 fully saturated rings. The molecule has 0 saturated heterocycles. The highest BCUT2D eigenvalue weighted by atomic mass is 15.1. The second-order valence-corrected chi connectivity index (χ2v) is 4.38. The normalized spacial score (nSPS) is 18.9. The molecule has 1 aliphatic heterocycles. The topological polar surface area (TPSA) is 42.0 Å². The van der Waals surface area contributed by atoms with E-state index in [1.807, 2.05) is 6.20 Å². The minimum absolute atomic E-state index is 0.555. The number of nitrogens with one attached hydrogen (secondary N) is 3. The number of rotatable bonds is 2. The average molecular weight is 214 g/mol. The number of anilines is 1. The fourth-order valence-electron chi connectivity index (χ4n) is 2.34. The van der Waals surface area contributed by atoms with E-state index in [1.54, 1.807) is 0 Å². The summed E-state index contributed by atoms with van der Waals surface area (Å²) in [4.78, 5) is 0. The molecule has 2 aromatic rings. The van der Waals surface area contributed by atoms with Crippen molar-refractivity contribution in [3.8, 4) is 0 Å². The molecule has 3 N–H and O–H groups in total. The maximum Gasteiger partial charge on any atom is 0.216 e. The summed E-state index contributed by atoms with van der Waals surface area (Å²) in [7, 11) is 0. The summed E-state index contributed by atoms with van der Waals surface area (Å²) in [5, 5.41) is 9.75. The molecule has 0 spiro atoms. The van der Waals surface area contributed by atoms with Gasteiger partial charge in [-0.1, -0.05) is 30.3 Å². The Balaban J connectivity index is 1.71. The van der Waals surface area contributed by atoms with Gasteiger partial charge in [-0.05, 0) is 24.8 Å². The number of fused-ring (bicyclic) bond motifs is 1. The van der Waals surface area contributed by atoms with Crippen LogP contribution in [-0.2, 0) is 12.8 Å². The highest BCUT2D eigenvalue weighted by Crippen LogP contribution is 2.22. The van der Waals surface area contributed by atoms with Gasteiger partial charge in [0.2, 0.25) is 6.20 Å². The molecule has 1 unspecified atom stereocenters. The predicted molar refractivity (Wildman–Crippen MR) is 63.2 cm³/mol. The number of aromatic nitrogens is 2. The third-order valence-electron chi connectivity index (χ3n) is 3.19. The highest BCUT2D eigenvalue weighted by Gasteiger charge is 2.21. The number of benzene rings is 1. The van der Waals surface area contributed by atoms with Gasteiger partial charge in [-0.15, -0.1) is 5.10 Å². The third kappa shape index (κ3) is 1.81. The number of aromatic amines is 2. The van der Waals surface area contributed by atoms with E-state index < -0.39 is 0 Å². The number of H-pyrrole nitrogens is 2. The Labute approximate surface area is 94.9 Å². The van der Waals surface area contributed by atoms with Crippen molar-refractivity contribution in [2.24, 2.45) is 0 Å². The Morgan fingerprint density at radius 3 is 3.00 bits per heavy atom. The summed E-state index contributed by atoms with van der Waals surface area (Å²) >= 11 is 0. The minimum Gasteiger partial charge on any atom is -0.375 e. The Morgan fingerprint density at radius 2 is 2.12 bits per heavy atom. The second kappa shape index (κ2) is 4.00. The van der Waals surface area contributed by atoms with Gasteiger partial charge in [0.25, 0.3) is 0 Å². The van der Waals surface area contributed by atoms with Gasteiger partial charge in [-0.25, -0.2) is 0 Å². The van der Waals surface area contributed by atoms with Crippen molar-refractivity contribution in [2.75, 3.05) is 5.32 Å². The maximum absolute atomic E-state index is 3.56.